The van der Waals surface area contributed by atoms with Gasteiger partial charge in [0.1, 0.15) is 5.54 Å². The number of carbonyl (C=O) groups is 2. The van der Waals surface area contributed by atoms with Gasteiger partial charge in [0, 0.05) is 6.04 Å². The molecule has 5 nitrogen and oxygen atoms in total. The molecular weight excluding hydrogens is 268 g/mol. The Morgan fingerprint density at radius 3 is 2.43 bits per heavy atom. The first kappa shape index (κ1) is 16.1. The number of carbonyl (C=O) groups excluding carboxylic acids is 1. The lowest BCUT2D eigenvalue weighted by Crippen LogP contribution is -2.60. The fourth-order valence-electron chi connectivity index (χ4n) is 3.87. The van der Waals surface area contributed by atoms with Gasteiger partial charge in [-0.05, 0) is 37.5 Å². The highest BCUT2D eigenvalue weighted by Gasteiger charge is 2.43. The van der Waals surface area contributed by atoms with E-state index in [0.29, 0.717) is 24.7 Å². The summed E-state index contributed by atoms with van der Waals surface area (Å²) in [6, 6.07) is -0.143. The largest absolute Gasteiger partial charge is 0.480 e. The summed E-state index contributed by atoms with van der Waals surface area (Å²) in [7, 11) is 0. The van der Waals surface area contributed by atoms with E-state index in [0.717, 1.165) is 32.1 Å². The Labute approximate surface area is 126 Å². The smallest absolute Gasteiger partial charge is 0.329 e. The van der Waals surface area contributed by atoms with Gasteiger partial charge in [0.2, 0.25) is 0 Å². The first-order valence-corrected chi connectivity index (χ1v) is 8.25. The third-order valence-electron chi connectivity index (χ3n) is 5.19. The van der Waals surface area contributed by atoms with Crippen molar-refractivity contribution in [1.82, 2.24) is 10.6 Å². The standard InChI is InChI=1S/C16H28N2O3/c1-11-6-5-9-16(10-11,14(19)20)18-15(21)17-13-8-4-3-7-12(13)2/h11-13H,3-10H2,1-2H3,(H,19,20)(H2,17,18,21). The van der Waals surface area contributed by atoms with Crippen molar-refractivity contribution in [3.63, 3.8) is 0 Å². The number of nitrogens with one attached hydrogen (secondary N) is 2. The van der Waals surface area contributed by atoms with Gasteiger partial charge < -0.3 is 15.7 Å². The van der Waals surface area contributed by atoms with E-state index in [1.54, 1.807) is 0 Å². The molecule has 21 heavy (non-hydrogen) atoms. The van der Waals surface area contributed by atoms with Crippen LogP contribution in [0.15, 0.2) is 0 Å². The van der Waals surface area contributed by atoms with E-state index in [9.17, 15) is 14.7 Å². The SMILES string of the molecule is CC1CCCC(NC(=O)NC2CCCCC2C)(C(=O)O)C1. The zero-order valence-electron chi connectivity index (χ0n) is 13.2. The quantitative estimate of drug-likeness (QED) is 0.749. The van der Waals surface area contributed by atoms with Gasteiger partial charge in [-0.15, -0.1) is 0 Å². The summed E-state index contributed by atoms with van der Waals surface area (Å²) in [5.74, 6) is -0.0970. The van der Waals surface area contributed by atoms with Crippen molar-refractivity contribution in [2.75, 3.05) is 0 Å². The van der Waals surface area contributed by atoms with Crippen molar-refractivity contribution >= 4 is 12.0 Å². The number of hydrogen-bond donors (Lipinski definition) is 3. The van der Waals surface area contributed by atoms with Crippen LogP contribution in [0.25, 0.3) is 0 Å². The minimum Gasteiger partial charge on any atom is -0.480 e. The lowest BCUT2D eigenvalue weighted by Gasteiger charge is -2.38. The van der Waals surface area contributed by atoms with E-state index in [1.807, 2.05) is 0 Å². The van der Waals surface area contributed by atoms with Crippen LogP contribution in [0.2, 0.25) is 0 Å². The Morgan fingerprint density at radius 1 is 1.10 bits per heavy atom. The van der Waals surface area contributed by atoms with E-state index in [4.69, 9.17) is 0 Å². The second-order valence-electron chi connectivity index (χ2n) is 7.06. The Bertz CT molecular complexity index is 399. The van der Waals surface area contributed by atoms with Gasteiger partial charge in [-0.1, -0.05) is 39.5 Å². The molecule has 0 spiro atoms. The molecule has 4 unspecified atom stereocenters. The van der Waals surface area contributed by atoms with E-state index < -0.39 is 11.5 Å². The maximum atomic E-state index is 12.3. The van der Waals surface area contributed by atoms with Gasteiger partial charge in [0.05, 0.1) is 0 Å². The molecule has 2 rings (SSSR count). The van der Waals surface area contributed by atoms with Gasteiger partial charge in [0.25, 0.3) is 0 Å². The zero-order valence-corrected chi connectivity index (χ0v) is 13.2. The van der Waals surface area contributed by atoms with Gasteiger partial charge in [0.15, 0.2) is 0 Å². The first-order chi connectivity index (χ1) is 9.93. The fraction of sp³-hybridized carbons (Fsp3) is 0.875. The Morgan fingerprint density at radius 2 is 1.81 bits per heavy atom. The average molecular weight is 296 g/mol. The molecule has 2 saturated carbocycles. The molecule has 2 fully saturated rings. The lowest BCUT2D eigenvalue weighted by atomic mass is 9.76. The third kappa shape index (κ3) is 3.89. The van der Waals surface area contributed by atoms with Crippen molar-refractivity contribution in [3.05, 3.63) is 0 Å². The van der Waals surface area contributed by atoms with Gasteiger partial charge in [-0.3, -0.25) is 0 Å². The molecule has 0 aromatic heterocycles. The van der Waals surface area contributed by atoms with E-state index in [2.05, 4.69) is 24.5 Å². The predicted octanol–water partition coefficient (Wildman–Crippen LogP) is 2.90. The second kappa shape index (κ2) is 6.67. The van der Waals surface area contributed by atoms with E-state index >= 15 is 0 Å². The molecule has 0 heterocycles. The molecule has 0 aromatic rings. The normalized spacial score (nSPS) is 36.8. The van der Waals surface area contributed by atoms with Crippen molar-refractivity contribution < 1.29 is 14.7 Å². The van der Waals surface area contributed by atoms with Crippen LogP contribution >= 0.6 is 0 Å². The average Bonchev–Trinajstić information content (AvgIpc) is 2.41. The molecule has 0 aliphatic heterocycles. The molecule has 2 amide bonds. The number of aliphatic carboxylic acids is 1. The summed E-state index contributed by atoms with van der Waals surface area (Å²) in [4.78, 5) is 23.9. The van der Waals surface area contributed by atoms with Crippen LogP contribution in [-0.2, 0) is 4.79 Å². The van der Waals surface area contributed by atoms with Crippen LogP contribution in [0, 0.1) is 11.8 Å². The molecule has 0 bridgehead atoms. The summed E-state index contributed by atoms with van der Waals surface area (Å²) < 4.78 is 0. The van der Waals surface area contributed by atoms with E-state index in [-0.39, 0.29) is 12.1 Å². The number of rotatable bonds is 3. The Balaban J connectivity index is 1.96. The Hall–Kier alpha value is -1.26. The van der Waals surface area contributed by atoms with Gasteiger partial charge in [-0.25, -0.2) is 9.59 Å². The summed E-state index contributed by atoms with van der Waals surface area (Å²) in [5, 5.41) is 15.3. The minimum atomic E-state index is -1.08. The maximum absolute atomic E-state index is 12.3. The topological polar surface area (TPSA) is 78.4 Å². The molecule has 3 N–H and O–H groups in total. The number of urea groups is 1. The summed E-state index contributed by atoms with van der Waals surface area (Å²) in [6.07, 6.45) is 7.42. The monoisotopic (exact) mass is 296 g/mol. The Kier molecular flexibility index (Phi) is 5.12. The van der Waals surface area contributed by atoms with Crippen LogP contribution in [-0.4, -0.2) is 28.7 Å². The summed E-state index contributed by atoms with van der Waals surface area (Å²) in [5.41, 5.74) is -1.08. The number of carboxylic acids is 1. The second-order valence-corrected chi connectivity index (χ2v) is 7.06. The summed E-state index contributed by atoms with van der Waals surface area (Å²) in [6.45, 7) is 4.21. The lowest BCUT2D eigenvalue weighted by molar-refractivity contribution is -0.146. The highest BCUT2D eigenvalue weighted by molar-refractivity contribution is 5.86. The molecule has 0 aromatic carbocycles. The van der Waals surface area contributed by atoms with Crippen LogP contribution in [0.3, 0.4) is 0 Å². The molecule has 120 valence electrons. The molecule has 0 saturated heterocycles. The number of amides is 2. The molecule has 4 atom stereocenters. The maximum Gasteiger partial charge on any atom is 0.329 e. The summed E-state index contributed by atoms with van der Waals surface area (Å²) >= 11 is 0. The van der Waals surface area contributed by atoms with Crippen molar-refractivity contribution in [2.45, 2.75) is 76.8 Å². The highest BCUT2D eigenvalue weighted by atomic mass is 16.4. The van der Waals surface area contributed by atoms with Crippen LogP contribution < -0.4 is 10.6 Å². The highest BCUT2D eigenvalue weighted by Crippen LogP contribution is 2.32. The fourth-order valence-corrected chi connectivity index (χ4v) is 3.87. The zero-order chi connectivity index (χ0) is 15.5. The number of hydrogen-bond acceptors (Lipinski definition) is 2. The molecule has 0 radical (unpaired) electrons. The van der Waals surface area contributed by atoms with Crippen molar-refractivity contribution in [1.29, 1.82) is 0 Å². The van der Waals surface area contributed by atoms with Gasteiger partial charge in [-0.2, -0.15) is 0 Å². The number of carboxylic acid groups (broad SMARTS) is 1. The molecule has 5 heteroatoms. The van der Waals surface area contributed by atoms with Crippen molar-refractivity contribution in [2.24, 2.45) is 11.8 Å². The van der Waals surface area contributed by atoms with Crippen molar-refractivity contribution in [3.8, 4) is 0 Å². The first-order valence-electron chi connectivity index (χ1n) is 8.25. The van der Waals surface area contributed by atoms with Crippen LogP contribution in [0.4, 0.5) is 4.79 Å². The molecule has 2 aliphatic rings. The molecule has 2 aliphatic carbocycles. The predicted molar refractivity (Wildman–Crippen MR) is 81.1 cm³/mol. The van der Waals surface area contributed by atoms with E-state index in [1.165, 1.54) is 6.42 Å². The minimum absolute atomic E-state index is 0.172. The third-order valence-corrected chi connectivity index (χ3v) is 5.19. The molecular formula is C16H28N2O3. The van der Waals surface area contributed by atoms with Crippen LogP contribution in [0.5, 0.6) is 0 Å². The van der Waals surface area contributed by atoms with Crippen LogP contribution in [0.1, 0.15) is 65.2 Å². The van der Waals surface area contributed by atoms with Gasteiger partial charge >= 0.3 is 12.0 Å².